The van der Waals surface area contributed by atoms with E-state index in [4.69, 9.17) is 0 Å². The van der Waals surface area contributed by atoms with Crippen LogP contribution < -0.4 is 10.6 Å². The molecule has 116 valence electrons. The lowest BCUT2D eigenvalue weighted by atomic mass is 10.1. The van der Waals surface area contributed by atoms with Crippen molar-refractivity contribution in [3.8, 4) is 0 Å². The first kappa shape index (κ1) is 16.0. The molecule has 4 nitrogen and oxygen atoms in total. The van der Waals surface area contributed by atoms with Gasteiger partial charge in [-0.3, -0.25) is 9.59 Å². The van der Waals surface area contributed by atoms with Crippen molar-refractivity contribution in [3.05, 3.63) is 22.4 Å². The van der Waals surface area contributed by atoms with Crippen molar-refractivity contribution in [2.45, 2.75) is 57.4 Å². The van der Waals surface area contributed by atoms with E-state index in [1.54, 1.807) is 6.07 Å². The monoisotopic (exact) mass is 308 g/mol. The summed E-state index contributed by atoms with van der Waals surface area (Å²) >= 11 is 1.43. The second kappa shape index (κ2) is 8.82. The summed E-state index contributed by atoms with van der Waals surface area (Å²) in [6, 6.07) is 4.03. The van der Waals surface area contributed by atoms with E-state index in [2.05, 4.69) is 10.6 Å². The summed E-state index contributed by atoms with van der Waals surface area (Å²) in [5, 5.41) is 7.85. The lowest BCUT2D eigenvalue weighted by Crippen LogP contribution is -2.34. The molecular formula is C16H24N2O2S. The zero-order valence-electron chi connectivity index (χ0n) is 12.4. The SMILES string of the molecule is O=C(CCCNC(=O)c1cccs1)NC1CCCCCC1. The zero-order valence-corrected chi connectivity index (χ0v) is 13.2. The highest BCUT2D eigenvalue weighted by Gasteiger charge is 2.14. The Hall–Kier alpha value is -1.36. The maximum atomic E-state index is 11.9. The Balaban J connectivity index is 1.57. The predicted molar refractivity (Wildman–Crippen MR) is 85.5 cm³/mol. The third-order valence-electron chi connectivity index (χ3n) is 3.83. The van der Waals surface area contributed by atoms with Crippen LogP contribution >= 0.6 is 11.3 Å². The minimum atomic E-state index is -0.0471. The summed E-state index contributed by atoms with van der Waals surface area (Å²) in [6.45, 7) is 0.550. The van der Waals surface area contributed by atoms with Crippen molar-refractivity contribution in [1.29, 1.82) is 0 Å². The fourth-order valence-electron chi connectivity index (χ4n) is 2.67. The van der Waals surface area contributed by atoms with Crippen LogP contribution in [0.15, 0.2) is 17.5 Å². The quantitative estimate of drug-likeness (QED) is 0.627. The third-order valence-corrected chi connectivity index (χ3v) is 4.70. The molecule has 1 aromatic rings. The van der Waals surface area contributed by atoms with Gasteiger partial charge in [-0.05, 0) is 30.7 Å². The Morgan fingerprint density at radius 3 is 2.62 bits per heavy atom. The molecule has 5 heteroatoms. The largest absolute Gasteiger partial charge is 0.353 e. The lowest BCUT2D eigenvalue weighted by Gasteiger charge is -2.16. The first-order chi connectivity index (χ1) is 10.3. The number of hydrogen-bond donors (Lipinski definition) is 2. The fourth-order valence-corrected chi connectivity index (χ4v) is 3.31. The van der Waals surface area contributed by atoms with Crippen LogP contribution in [0.2, 0.25) is 0 Å². The molecule has 0 unspecified atom stereocenters. The van der Waals surface area contributed by atoms with E-state index < -0.39 is 0 Å². The Bertz CT molecular complexity index is 437. The number of carbonyl (C=O) groups is 2. The average Bonchev–Trinajstić information content (AvgIpc) is 2.90. The topological polar surface area (TPSA) is 58.2 Å². The zero-order chi connectivity index (χ0) is 14.9. The molecule has 0 aromatic carbocycles. The molecule has 1 fully saturated rings. The van der Waals surface area contributed by atoms with Crippen LogP contribution in [0.5, 0.6) is 0 Å². The number of rotatable bonds is 6. The molecule has 1 aromatic heterocycles. The van der Waals surface area contributed by atoms with E-state index in [-0.39, 0.29) is 11.8 Å². The summed E-state index contributed by atoms with van der Waals surface area (Å²) in [6.07, 6.45) is 8.43. The molecule has 0 saturated heterocycles. The van der Waals surface area contributed by atoms with Crippen molar-refractivity contribution in [3.63, 3.8) is 0 Å². The van der Waals surface area contributed by atoms with Crippen LogP contribution in [0, 0.1) is 0 Å². The molecule has 1 aliphatic carbocycles. The number of carbonyl (C=O) groups excluding carboxylic acids is 2. The van der Waals surface area contributed by atoms with Gasteiger partial charge in [0.05, 0.1) is 4.88 Å². The predicted octanol–water partition coefficient (Wildman–Crippen LogP) is 3.10. The van der Waals surface area contributed by atoms with Gasteiger partial charge in [-0.2, -0.15) is 0 Å². The second-order valence-corrected chi connectivity index (χ2v) is 6.54. The van der Waals surface area contributed by atoms with E-state index in [1.807, 2.05) is 11.4 Å². The maximum Gasteiger partial charge on any atom is 0.261 e. The molecule has 2 N–H and O–H groups in total. The molecule has 2 rings (SSSR count). The first-order valence-electron chi connectivity index (χ1n) is 7.87. The number of nitrogens with one attached hydrogen (secondary N) is 2. The highest BCUT2D eigenvalue weighted by atomic mass is 32.1. The van der Waals surface area contributed by atoms with Crippen LogP contribution in [0.3, 0.4) is 0 Å². The minimum absolute atomic E-state index is 0.0471. The van der Waals surface area contributed by atoms with Gasteiger partial charge in [0, 0.05) is 19.0 Å². The standard InChI is InChI=1S/C16H24N2O2S/c19-15(18-13-7-3-1-2-4-8-13)10-5-11-17-16(20)14-9-6-12-21-14/h6,9,12-13H,1-5,7-8,10-11H2,(H,17,20)(H,18,19). The summed E-state index contributed by atoms with van der Waals surface area (Å²) in [5.74, 6) is 0.0708. The number of hydrogen-bond acceptors (Lipinski definition) is 3. The molecule has 0 radical (unpaired) electrons. The third kappa shape index (κ3) is 5.87. The van der Waals surface area contributed by atoms with Crippen LogP contribution in [0.4, 0.5) is 0 Å². The van der Waals surface area contributed by atoms with Crippen LogP contribution in [0.1, 0.15) is 61.0 Å². The van der Waals surface area contributed by atoms with Crippen LogP contribution in [-0.4, -0.2) is 24.4 Å². The highest BCUT2D eigenvalue weighted by Crippen LogP contribution is 2.17. The maximum absolute atomic E-state index is 11.9. The molecule has 1 heterocycles. The van der Waals surface area contributed by atoms with Gasteiger partial charge in [0.25, 0.3) is 5.91 Å². The summed E-state index contributed by atoms with van der Waals surface area (Å²) < 4.78 is 0. The Labute approximate surface area is 130 Å². The van der Waals surface area contributed by atoms with Gasteiger partial charge in [0.15, 0.2) is 0 Å². The van der Waals surface area contributed by atoms with Crippen molar-refractivity contribution in [1.82, 2.24) is 10.6 Å². The van der Waals surface area contributed by atoms with Gasteiger partial charge in [-0.15, -0.1) is 11.3 Å². The first-order valence-corrected chi connectivity index (χ1v) is 8.75. The second-order valence-electron chi connectivity index (χ2n) is 5.59. The molecule has 1 saturated carbocycles. The minimum Gasteiger partial charge on any atom is -0.353 e. The van der Waals surface area contributed by atoms with E-state index in [1.165, 1.54) is 37.0 Å². The van der Waals surface area contributed by atoms with Crippen LogP contribution in [-0.2, 0) is 4.79 Å². The summed E-state index contributed by atoms with van der Waals surface area (Å²) in [4.78, 5) is 24.3. The number of amides is 2. The molecule has 0 bridgehead atoms. The Morgan fingerprint density at radius 1 is 1.19 bits per heavy atom. The average molecular weight is 308 g/mol. The van der Waals surface area contributed by atoms with Gasteiger partial charge in [0.2, 0.25) is 5.91 Å². The summed E-state index contributed by atoms with van der Waals surface area (Å²) in [7, 11) is 0. The molecule has 21 heavy (non-hydrogen) atoms. The van der Waals surface area contributed by atoms with Gasteiger partial charge in [0.1, 0.15) is 0 Å². The van der Waals surface area contributed by atoms with Gasteiger partial charge in [-0.25, -0.2) is 0 Å². The molecule has 1 aliphatic rings. The van der Waals surface area contributed by atoms with Gasteiger partial charge in [-0.1, -0.05) is 31.7 Å². The van der Waals surface area contributed by atoms with Gasteiger partial charge < -0.3 is 10.6 Å². The smallest absolute Gasteiger partial charge is 0.261 e. The number of thiophene rings is 1. The Kier molecular flexibility index (Phi) is 6.73. The van der Waals surface area contributed by atoms with Crippen molar-refractivity contribution in [2.75, 3.05) is 6.54 Å². The van der Waals surface area contributed by atoms with E-state index in [0.29, 0.717) is 25.4 Å². The highest BCUT2D eigenvalue weighted by molar-refractivity contribution is 7.12. The van der Waals surface area contributed by atoms with Crippen molar-refractivity contribution >= 4 is 23.2 Å². The molecule has 0 spiro atoms. The van der Waals surface area contributed by atoms with Crippen molar-refractivity contribution < 1.29 is 9.59 Å². The Morgan fingerprint density at radius 2 is 1.95 bits per heavy atom. The van der Waals surface area contributed by atoms with E-state index in [9.17, 15) is 9.59 Å². The van der Waals surface area contributed by atoms with E-state index >= 15 is 0 Å². The fraction of sp³-hybridized carbons (Fsp3) is 0.625. The van der Waals surface area contributed by atoms with Crippen LogP contribution in [0.25, 0.3) is 0 Å². The molecule has 0 atom stereocenters. The summed E-state index contributed by atoms with van der Waals surface area (Å²) in [5.41, 5.74) is 0. The molecule has 0 aliphatic heterocycles. The van der Waals surface area contributed by atoms with E-state index in [0.717, 1.165) is 17.7 Å². The lowest BCUT2D eigenvalue weighted by molar-refractivity contribution is -0.121. The molecule has 2 amide bonds. The van der Waals surface area contributed by atoms with Crippen molar-refractivity contribution in [2.24, 2.45) is 0 Å². The van der Waals surface area contributed by atoms with Gasteiger partial charge >= 0.3 is 0 Å². The molecular weight excluding hydrogens is 284 g/mol. The normalized spacial score (nSPS) is 16.2.